The van der Waals surface area contributed by atoms with Crippen LogP contribution in [0.2, 0.25) is 0 Å². The number of benzene rings is 3. The number of rotatable bonds is 7. The van der Waals surface area contributed by atoms with Gasteiger partial charge in [0, 0.05) is 4.90 Å². The van der Waals surface area contributed by atoms with E-state index < -0.39 is 11.6 Å². The van der Waals surface area contributed by atoms with Crippen LogP contribution in [0.5, 0.6) is 0 Å². The molecule has 1 N–H and O–H groups in total. The van der Waals surface area contributed by atoms with Crippen LogP contribution in [-0.2, 0) is 21.6 Å². The monoisotopic (exact) mass is 458 g/mol. The van der Waals surface area contributed by atoms with Crippen molar-refractivity contribution in [2.75, 3.05) is 0 Å². The van der Waals surface area contributed by atoms with E-state index in [1.54, 1.807) is 0 Å². The fourth-order valence-electron chi connectivity index (χ4n) is 4.32. The van der Waals surface area contributed by atoms with Gasteiger partial charge in [0.1, 0.15) is 16.3 Å². The zero-order valence-corrected chi connectivity index (χ0v) is 20.2. The predicted octanol–water partition coefficient (Wildman–Crippen LogP) is 7.46. The molecular weight excluding hydrogens is 428 g/mol. The first-order valence-electron chi connectivity index (χ1n) is 11.4. The minimum atomic E-state index is -0.893. The van der Waals surface area contributed by atoms with Crippen LogP contribution in [-0.4, -0.2) is 11.1 Å². The summed E-state index contributed by atoms with van der Waals surface area (Å²) in [5, 5.41) is 11.2. The van der Waals surface area contributed by atoms with Gasteiger partial charge in [-0.25, -0.2) is 4.79 Å². The van der Waals surface area contributed by atoms with E-state index in [9.17, 15) is 9.90 Å². The Kier molecular flexibility index (Phi) is 6.94. The van der Waals surface area contributed by atoms with Crippen molar-refractivity contribution in [2.24, 2.45) is 0 Å². The summed E-state index contributed by atoms with van der Waals surface area (Å²) in [6.07, 6.45) is 1.60. The van der Waals surface area contributed by atoms with Crippen LogP contribution in [0, 0.1) is 6.92 Å². The molecule has 1 aliphatic rings. The lowest BCUT2D eigenvalue weighted by atomic mass is 9.82. The molecule has 0 unspecified atom stereocenters. The van der Waals surface area contributed by atoms with Crippen LogP contribution >= 0.6 is 11.8 Å². The average Bonchev–Trinajstić information content (AvgIpc) is 2.81. The number of ether oxygens (including phenoxy) is 1. The molecular formula is C29H30O3S. The summed E-state index contributed by atoms with van der Waals surface area (Å²) in [4.78, 5) is 14.6. The molecule has 0 fully saturated rings. The lowest BCUT2D eigenvalue weighted by Crippen LogP contribution is -2.38. The Hall–Kier alpha value is -2.98. The SMILES string of the molecule is Cc1ccc(C(C)C)c(SC2=C(O)C[C@](CCc3ccccc3)(c3ccccc3)OC2=O)c1. The summed E-state index contributed by atoms with van der Waals surface area (Å²) in [6.45, 7) is 6.30. The maximum Gasteiger partial charge on any atom is 0.349 e. The topological polar surface area (TPSA) is 46.5 Å². The van der Waals surface area contributed by atoms with Crippen molar-refractivity contribution in [2.45, 2.75) is 56.4 Å². The highest BCUT2D eigenvalue weighted by molar-refractivity contribution is 8.04. The van der Waals surface area contributed by atoms with E-state index in [0.717, 1.165) is 28.0 Å². The lowest BCUT2D eigenvalue weighted by molar-refractivity contribution is -0.160. The molecule has 0 bridgehead atoms. The molecule has 3 aromatic rings. The van der Waals surface area contributed by atoms with Gasteiger partial charge < -0.3 is 9.84 Å². The molecule has 3 nitrogen and oxygen atoms in total. The summed E-state index contributed by atoms with van der Waals surface area (Å²) in [5.41, 5.74) is 3.46. The second kappa shape index (κ2) is 9.88. The molecule has 3 aromatic carbocycles. The van der Waals surface area contributed by atoms with Crippen molar-refractivity contribution in [3.63, 3.8) is 0 Å². The molecule has 0 aromatic heterocycles. The number of hydrogen-bond acceptors (Lipinski definition) is 4. The maximum absolute atomic E-state index is 13.3. The fourth-order valence-corrected chi connectivity index (χ4v) is 5.52. The Morgan fingerprint density at radius 1 is 1.00 bits per heavy atom. The molecule has 0 saturated heterocycles. The van der Waals surface area contributed by atoms with Gasteiger partial charge in [-0.3, -0.25) is 0 Å². The van der Waals surface area contributed by atoms with Gasteiger partial charge in [-0.15, -0.1) is 0 Å². The van der Waals surface area contributed by atoms with Crippen LogP contribution < -0.4 is 0 Å². The maximum atomic E-state index is 13.3. The number of aryl methyl sites for hydroxylation is 2. The first-order valence-corrected chi connectivity index (χ1v) is 12.2. The molecule has 33 heavy (non-hydrogen) atoms. The second-order valence-corrected chi connectivity index (χ2v) is 10.0. The minimum Gasteiger partial charge on any atom is -0.511 e. The molecule has 0 radical (unpaired) electrons. The van der Waals surface area contributed by atoms with Crippen LogP contribution in [0.25, 0.3) is 0 Å². The zero-order chi connectivity index (χ0) is 23.4. The summed E-state index contributed by atoms with van der Waals surface area (Å²) >= 11 is 1.32. The molecule has 1 atom stereocenters. The number of thioether (sulfide) groups is 1. The van der Waals surface area contributed by atoms with Gasteiger partial charge in [-0.05, 0) is 54.0 Å². The molecule has 1 heterocycles. The Morgan fingerprint density at radius 3 is 2.30 bits per heavy atom. The van der Waals surface area contributed by atoms with Gasteiger partial charge in [-0.2, -0.15) is 0 Å². The highest BCUT2D eigenvalue weighted by atomic mass is 32.2. The Bertz CT molecular complexity index is 1150. The smallest absolute Gasteiger partial charge is 0.349 e. The number of aliphatic hydroxyl groups excluding tert-OH is 1. The highest BCUT2D eigenvalue weighted by Gasteiger charge is 2.43. The van der Waals surface area contributed by atoms with E-state index in [0.29, 0.717) is 12.3 Å². The van der Waals surface area contributed by atoms with Crippen molar-refractivity contribution in [1.29, 1.82) is 0 Å². The molecule has 170 valence electrons. The van der Waals surface area contributed by atoms with Crippen molar-refractivity contribution < 1.29 is 14.6 Å². The first-order chi connectivity index (χ1) is 15.9. The van der Waals surface area contributed by atoms with E-state index in [4.69, 9.17) is 4.74 Å². The number of carbonyl (C=O) groups excluding carboxylic acids is 1. The van der Waals surface area contributed by atoms with E-state index in [1.165, 1.54) is 17.3 Å². The lowest BCUT2D eigenvalue weighted by Gasteiger charge is -2.37. The number of aliphatic hydroxyl groups is 1. The largest absolute Gasteiger partial charge is 0.511 e. The Morgan fingerprint density at radius 2 is 1.67 bits per heavy atom. The highest BCUT2D eigenvalue weighted by Crippen LogP contribution is 2.46. The van der Waals surface area contributed by atoms with Crippen molar-refractivity contribution in [1.82, 2.24) is 0 Å². The summed E-state index contributed by atoms with van der Waals surface area (Å²) in [7, 11) is 0. The van der Waals surface area contributed by atoms with Crippen molar-refractivity contribution in [3.05, 3.63) is 112 Å². The van der Waals surface area contributed by atoms with Crippen molar-refractivity contribution in [3.8, 4) is 0 Å². The quantitative estimate of drug-likeness (QED) is 0.373. The van der Waals surface area contributed by atoms with Gasteiger partial charge in [0.15, 0.2) is 0 Å². The first kappa shape index (κ1) is 23.2. The average molecular weight is 459 g/mol. The number of cyclic esters (lactones) is 1. The van der Waals surface area contributed by atoms with Gasteiger partial charge in [-0.1, -0.05) is 98.4 Å². The summed E-state index contributed by atoms with van der Waals surface area (Å²) in [5.74, 6) is -0.0500. The van der Waals surface area contributed by atoms with Crippen molar-refractivity contribution >= 4 is 17.7 Å². The van der Waals surface area contributed by atoms with E-state index in [2.05, 4.69) is 44.2 Å². The normalized spacial score (nSPS) is 18.5. The molecule has 4 heteroatoms. The van der Waals surface area contributed by atoms with Crippen LogP contribution in [0.1, 0.15) is 54.9 Å². The van der Waals surface area contributed by atoms with Gasteiger partial charge in [0.2, 0.25) is 0 Å². The van der Waals surface area contributed by atoms with Crippen LogP contribution in [0.3, 0.4) is 0 Å². The third kappa shape index (κ3) is 5.17. The molecule has 0 saturated carbocycles. The van der Waals surface area contributed by atoms with Crippen LogP contribution in [0.4, 0.5) is 0 Å². The number of esters is 1. The second-order valence-electron chi connectivity index (χ2n) is 8.99. The number of hydrogen-bond donors (Lipinski definition) is 1. The van der Waals surface area contributed by atoms with E-state index in [-0.39, 0.29) is 17.1 Å². The third-order valence-corrected chi connectivity index (χ3v) is 7.33. The molecule has 0 amide bonds. The molecule has 1 aliphatic heterocycles. The number of carbonyl (C=O) groups is 1. The van der Waals surface area contributed by atoms with E-state index >= 15 is 0 Å². The summed E-state index contributed by atoms with van der Waals surface area (Å²) in [6, 6.07) is 26.2. The van der Waals surface area contributed by atoms with Gasteiger partial charge in [0.25, 0.3) is 0 Å². The Labute approximate surface area is 200 Å². The summed E-state index contributed by atoms with van der Waals surface area (Å²) < 4.78 is 6.19. The Balaban J connectivity index is 1.67. The third-order valence-electron chi connectivity index (χ3n) is 6.15. The standard InChI is InChI=1S/C29H30O3S/c1-20(2)24-15-14-21(3)18-26(24)33-27-25(30)19-29(32-28(27)31,23-12-8-5-9-13-23)17-16-22-10-6-4-7-11-22/h4-15,18,20,30H,16-17,19H2,1-3H3/t29-/m1/s1. The molecule has 4 rings (SSSR count). The van der Waals surface area contributed by atoms with Crippen LogP contribution in [0.15, 0.2) is 94.4 Å². The van der Waals surface area contributed by atoms with E-state index in [1.807, 2.05) is 55.5 Å². The fraction of sp³-hybridized carbons (Fsp3) is 0.276. The molecule has 0 spiro atoms. The minimum absolute atomic E-state index is 0.101. The zero-order valence-electron chi connectivity index (χ0n) is 19.4. The van der Waals surface area contributed by atoms with Gasteiger partial charge in [0.05, 0.1) is 6.42 Å². The van der Waals surface area contributed by atoms with Gasteiger partial charge >= 0.3 is 5.97 Å². The molecule has 0 aliphatic carbocycles. The predicted molar refractivity (Wildman–Crippen MR) is 134 cm³/mol.